The van der Waals surface area contributed by atoms with Gasteiger partial charge in [-0.25, -0.2) is 4.79 Å². The monoisotopic (exact) mass is 196 g/mol. The molecule has 0 fully saturated rings. The van der Waals surface area contributed by atoms with Gasteiger partial charge in [-0.3, -0.25) is 4.79 Å². The number of hydrogen-bond acceptors (Lipinski definition) is 3. The fourth-order valence-electron chi connectivity index (χ4n) is 0.863. The smallest absolute Gasteiger partial charge is 0.336 e. The third kappa shape index (κ3) is 2.58. The summed E-state index contributed by atoms with van der Waals surface area (Å²) in [6, 6.07) is 3.88. The third-order valence-corrected chi connectivity index (χ3v) is 1.43. The largest absolute Gasteiger partial charge is 0.507 e. The minimum absolute atomic E-state index is 0.190. The molecule has 0 saturated heterocycles. The Balaban J connectivity index is 0.000000791. The van der Waals surface area contributed by atoms with Gasteiger partial charge in [-0.05, 0) is 12.1 Å². The summed E-state index contributed by atoms with van der Waals surface area (Å²) in [6.07, 6.45) is 0.318. The summed E-state index contributed by atoms with van der Waals surface area (Å²) in [5, 5.41) is 17.6. The van der Waals surface area contributed by atoms with Crippen LogP contribution in [-0.4, -0.2) is 22.5 Å². The first-order chi connectivity index (χ1) is 6.66. The van der Waals surface area contributed by atoms with Crippen LogP contribution in [0.15, 0.2) is 18.2 Å². The van der Waals surface area contributed by atoms with Crippen molar-refractivity contribution in [3.63, 3.8) is 0 Å². The van der Waals surface area contributed by atoms with Gasteiger partial charge < -0.3 is 10.2 Å². The van der Waals surface area contributed by atoms with Crippen molar-refractivity contribution in [1.82, 2.24) is 0 Å². The number of aldehydes is 1. The molecule has 0 heterocycles. The average molecular weight is 196 g/mol. The van der Waals surface area contributed by atoms with Gasteiger partial charge in [-0.2, -0.15) is 0 Å². The lowest BCUT2D eigenvalue weighted by atomic mass is 10.1. The molecule has 0 aliphatic carbocycles. The molecule has 14 heavy (non-hydrogen) atoms. The van der Waals surface area contributed by atoms with E-state index in [9.17, 15) is 9.59 Å². The number of hydrogen-bond donors (Lipinski definition) is 2. The molecule has 0 aliphatic rings. The first kappa shape index (κ1) is 12.2. The van der Waals surface area contributed by atoms with E-state index in [1.807, 2.05) is 13.8 Å². The summed E-state index contributed by atoms with van der Waals surface area (Å²) >= 11 is 0. The SMILES string of the molecule is CC.O=Cc1c(O)cccc1C(=O)O. The van der Waals surface area contributed by atoms with Gasteiger partial charge in [-0.1, -0.05) is 19.9 Å². The predicted octanol–water partition coefficient (Wildman–Crippen LogP) is 1.93. The Bertz CT molecular complexity index is 331. The first-order valence-corrected chi connectivity index (χ1v) is 4.17. The van der Waals surface area contributed by atoms with Crippen LogP contribution in [0.5, 0.6) is 5.75 Å². The van der Waals surface area contributed by atoms with Gasteiger partial charge in [0, 0.05) is 0 Å². The highest BCUT2D eigenvalue weighted by Crippen LogP contribution is 2.18. The zero-order valence-corrected chi connectivity index (χ0v) is 8.02. The molecule has 4 heteroatoms. The normalized spacial score (nSPS) is 8.43. The molecule has 0 radical (unpaired) electrons. The van der Waals surface area contributed by atoms with E-state index in [-0.39, 0.29) is 16.9 Å². The lowest BCUT2D eigenvalue weighted by Crippen LogP contribution is -2.01. The number of aromatic carboxylic acids is 1. The lowest BCUT2D eigenvalue weighted by Gasteiger charge is -1.99. The van der Waals surface area contributed by atoms with Crippen molar-refractivity contribution >= 4 is 12.3 Å². The molecule has 0 aromatic heterocycles. The van der Waals surface area contributed by atoms with Gasteiger partial charge in [0.05, 0.1) is 11.1 Å². The molecule has 2 N–H and O–H groups in total. The van der Waals surface area contributed by atoms with Crippen LogP contribution in [0.3, 0.4) is 0 Å². The maximum atomic E-state index is 10.5. The molecule has 1 aromatic carbocycles. The number of phenolic OH excluding ortho intramolecular Hbond substituents is 1. The highest BCUT2D eigenvalue weighted by Gasteiger charge is 2.11. The van der Waals surface area contributed by atoms with Crippen LogP contribution in [0, 0.1) is 0 Å². The molecule has 76 valence electrons. The molecule has 1 rings (SSSR count). The molecule has 0 saturated carbocycles. The van der Waals surface area contributed by atoms with Gasteiger partial charge in [0.1, 0.15) is 5.75 Å². The molecule has 0 unspecified atom stereocenters. The molecular weight excluding hydrogens is 184 g/mol. The van der Waals surface area contributed by atoms with Crippen molar-refractivity contribution in [3.8, 4) is 5.75 Å². The summed E-state index contributed by atoms with van der Waals surface area (Å²) in [4.78, 5) is 20.8. The van der Waals surface area contributed by atoms with E-state index >= 15 is 0 Å². The van der Waals surface area contributed by atoms with Crippen LogP contribution in [0.1, 0.15) is 34.6 Å². The Kier molecular flexibility index (Phi) is 4.99. The molecule has 0 amide bonds. The van der Waals surface area contributed by atoms with E-state index in [4.69, 9.17) is 10.2 Å². The van der Waals surface area contributed by atoms with Gasteiger partial charge >= 0.3 is 5.97 Å². The molecule has 0 bridgehead atoms. The second kappa shape index (κ2) is 5.75. The number of rotatable bonds is 2. The van der Waals surface area contributed by atoms with E-state index in [2.05, 4.69) is 0 Å². The van der Waals surface area contributed by atoms with E-state index in [1.54, 1.807) is 0 Å². The number of benzene rings is 1. The number of phenols is 1. The summed E-state index contributed by atoms with van der Waals surface area (Å²) in [6.45, 7) is 4.00. The number of carbonyl (C=O) groups is 2. The zero-order valence-electron chi connectivity index (χ0n) is 8.02. The summed E-state index contributed by atoms with van der Waals surface area (Å²) in [5.41, 5.74) is -0.380. The van der Waals surface area contributed by atoms with Crippen molar-refractivity contribution in [2.24, 2.45) is 0 Å². The molecule has 0 atom stereocenters. The first-order valence-electron chi connectivity index (χ1n) is 4.17. The van der Waals surface area contributed by atoms with Gasteiger partial charge in [0.15, 0.2) is 6.29 Å². The Morgan fingerprint density at radius 3 is 2.29 bits per heavy atom. The van der Waals surface area contributed by atoms with E-state index in [0.29, 0.717) is 6.29 Å². The number of carboxylic acid groups (broad SMARTS) is 1. The highest BCUT2D eigenvalue weighted by molar-refractivity contribution is 5.98. The van der Waals surface area contributed by atoms with Crippen LogP contribution in [0.2, 0.25) is 0 Å². The zero-order chi connectivity index (χ0) is 11.1. The van der Waals surface area contributed by atoms with Gasteiger partial charge in [0.2, 0.25) is 0 Å². The maximum Gasteiger partial charge on any atom is 0.336 e. The quantitative estimate of drug-likeness (QED) is 0.708. The summed E-state index contributed by atoms with van der Waals surface area (Å²) in [7, 11) is 0. The molecular formula is C10H12O4. The van der Waals surface area contributed by atoms with E-state index in [0.717, 1.165) is 0 Å². The van der Waals surface area contributed by atoms with Crippen molar-refractivity contribution in [1.29, 1.82) is 0 Å². The Hall–Kier alpha value is -1.84. The minimum atomic E-state index is -1.23. The van der Waals surface area contributed by atoms with Crippen molar-refractivity contribution < 1.29 is 19.8 Å². The topological polar surface area (TPSA) is 74.6 Å². The van der Waals surface area contributed by atoms with Crippen molar-refractivity contribution in [3.05, 3.63) is 29.3 Å². The Morgan fingerprint density at radius 1 is 1.36 bits per heavy atom. The second-order valence-electron chi connectivity index (χ2n) is 2.16. The fraction of sp³-hybridized carbons (Fsp3) is 0.200. The highest BCUT2D eigenvalue weighted by atomic mass is 16.4. The fourth-order valence-corrected chi connectivity index (χ4v) is 0.863. The van der Waals surface area contributed by atoms with E-state index < -0.39 is 5.97 Å². The van der Waals surface area contributed by atoms with Crippen LogP contribution in [0.25, 0.3) is 0 Å². The lowest BCUT2D eigenvalue weighted by molar-refractivity contribution is 0.0693. The Labute approximate surface area is 81.8 Å². The van der Waals surface area contributed by atoms with Crippen LogP contribution < -0.4 is 0 Å². The summed E-state index contributed by atoms with van der Waals surface area (Å²) in [5.74, 6) is -1.54. The number of aromatic hydroxyl groups is 1. The molecule has 1 aromatic rings. The standard InChI is InChI=1S/C8H6O4.C2H6/c9-4-6-5(8(11)12)2-1-3-7(6)10;1-2/h1-4,10H,(H,11,12);1-2H3. The molecule has 4 nitrogen and oxygen atoms in total. The van der Waals surface area contributed by atoms with Crippen molar-refractivity contribution in [2.45, 2.75) is 13.8 Å². The van der Waals surface area contributed by atoms with Gasteiger partial charge in [0.25, 0.3) is 0 Å². The second-order valence-corrected chi connectivity index (χ2v) is 2.16. The van der Waals surface area contributed by atoms with Crippen LogP contribution >= 0.6 is 0 Å². The number of carbonyl (C=O) groups excluding carboxylic acids is 1. The van der Waals surface area contributed by atoms with Crippen LogP contribution in [-0.2, 0) is 0 Å². The third-order valence-electron chi connectivity index (χ3n) is 1.43. The van der Waals surface area contributed by atoms with Gasteiger partial charge in [-0.15, -0.1) is 0 Å². The summed E-state index contributed by atoms with van der Waals surface area (Å²) < 4.78 is 0. The average Bonchev–Trinajstić information content (AvgIpc) is 2.20. The maximum absolute atomic E-state index is 10.5. The Morgan fingerprint density at radius 2 is 1.93 bits per heavy atom. The predicted molar refractivity (Wildman–Crippen MR) is 51.8 cm³/mol. The van der Waals surface area contributed by atoms with Crippen molar-refractivity contribution in [2.75, 3.05) is 0 Å². The van der Waals surface area contributed by atoms with E-state index in [1.165, 1.54) is 18.2 Å². The molecule has 0 spiro atoms. The van der Waals surface area contributed by atoms with Crippen LogP contribution in [0.4, 0.5) is 0 Å². The minimum Gasteiger partial charge on any atom is -0.507 e. The number of carboxylic acids is 1. The molecule has 0 aliphatic heterocycles.